The van der Waals surface area contributed by atoms with Crippen LogP contribution in [0.3, 0.4) is 0 Å². The molecule has 0 unspecified atom stereocenters. The fourth-order valence-electron chi connectivity index (χ4n) is 5.12. The number of pyridine rings is 1. The molecule has 0 bridgehead atoms. The number of hydrogen-bond acceptors (Lipinski definition) is 7. The summed E-state index contributed by atoms with van der Waals surface area (Å²) in [5, 5.41) is 14.6. The molecule has 1 aliphatic rings. The maximum atomic E-state index is 13.6. The van der Waals surface area contributed by atoms with Gasteiger partial charge in [0.25, 0.3) is 5.56 Å². The molecule has 1 atom stereocenters. The zero-order valence-electron chi connectivity index (χ0n) is 22.5. The van der Waals surface area contributed by atoms with E-state index in [4.69, 9.17) is 16.3 Å². The first-order valence-electron chi connectivity index (χ1n) is 13.0. The van der Waals surface area contributed by atoms with E-state index in [1.807, 2.05) is 41.1 Å². The maximum Gasteiger partial charge on any atom is 0.253 e. The summed E-state index contributed by atoms with van der Waals surface area (Å²) in [6, 6.07) is 13.3. The predicted octanol–water partition coefficient (Wildman–Crippen LogP) is 4.54. The molecular formula is C28H34ClN7O2. The monoisotopic (exact) mass is 535 g/mol. The molecule has 1 N–H and O–H groups in total. The van der Waals surface area contributed by atoms with Crippen molar-refractivity contribution in [3.8, 4) is 5.75 Å². The molecule has 1 saturated heterocycles. The van der Waals surface area contributed by atoms with E-state index in [-0.39, 0.29) is 11.1 Å². The molecule has 0 radical (unpaired) electrons. The quantitative estimate of drug-likeness (QED) is 0.371. The first kappa shape index (κ1) is 26.2. The molecule has 9 nitrogen and oxygen atoms in total. The van der Waals surface area contributed by atoms with Crippen LogP contribution in [0.4, 0.5) is 5.69 Å². The van der Waals surface area contributed by atoms with Crippen molar-refractivity contribution < 1.29 is 4.74 Å². The minimum atomic E-state index is -0.409. The number of nitrogens with one attached hydrogen (secondary N) is 1. The first-order valence-corrected chi connectivity index (χ1v) is 13.3. The molecule has 0 saturated carbocycles. The van der Waals surface area contributed by atoms with Gasteiger partial charge in [-0.05, 0) is 78.9 Å². The summed E-state index contributed by atoms with van der Waals surface area (Å²) in [7, 11) is 1.61. The molecule has 0 spiro atoms. The highest BCUT2D eigenvalue weighted by atomic mass is 35.5. The second-order valence-corrected chi connectivity index (χ2v) is 10.9. The van der Waals surface area contributed by atoms with Crippen molar-refractivity contribution in [3.05, 3.63) is 74.8 Å². The number of piperazine rings is 1. The van der Waals surface area contributed by atoms with Crippen molar-refractivity contribution >= 4 is 28.2 Å². The Morgan fingerprint density at radius 2 is 1.87 bits per heavy atom. The number of anilines is 1. The largest absolute Gasteiger partial charge is 0.497 e. The smallest absolute Gasteiger partial charge is 0.253 e. The lowest BCUT2D eigenvalue weighted by atomic mass is 9.98. The molecule has 1 fully saturated rings. The van der Waals surface area contributed by atoms with E-state index >= 15 is 0 Å². The van der Waals surface area contributed by atoms with Gasteiger partial charge in [-0.25, -0.2) is 4.68 Å². The van der Waals surface area contributed by atoms with Gasteiger partial charge in [-0.2, -0.15) is 0 Å². The number of fused-ring (bicyclic) bond motifs is 1. The van der Waals surface area contributed by atoms with Crippen molar-refractivity contribution in [2.24, 2.45) is 0 Å². The van der Waals surface area contributed by atoms with Gasteiger partial charge in [-0.15, -0.1) is 5.10 Å². The summed E-state index contributed by atoms with van der Waals surface area (Å²) in [6.07, 6.45) is 0.841. The highest BCUT2D eigenvalue weighted by molar-refractivity contribution is 6.30. The molecule has 3 heterocycles. The number of rotatable bonds is 7. The van der Waals surface area contributed by atoms with Gasteiger partial charge in [-0.3, -0.25) is 9.69 Å². The Hall–Kier alpha value is -3.43. The predicted molar refractivity (Wildman–Crippen MR) is 150 cm³/mol. The third kappa shape index (κ3) is 4.88. The van der Waals surface area contributed by atoms with Crippen molar-refractivity contribution in [2.45, 2.75) is 45.7 Å². The van der Waals surface area contributed by atoms with Crippen LogP contribution in [-0.2, 0) is 5.54 Å². The topological polar surface area (TPSA) is 92.2 Å². The lowest BCUT2D eigenvalue weighted by molar-refractivity contribution is 0.186. The number of aromatic amines is 1. The van der Waals surface area contributed by atoms with E-state index in [0.717, 1.165) is 54.2 Å². The van der Waals surface area contributed by atoms with Crippen LogP contribution in [0, 0.1) is 6.92 Å². The van der Waals surface area contributed by atoms with Crippen LogP contribution in [0.2, 0.25) is 5.02 Å². The van der Waals surface area contributed by atoms with Gasteiger partial charge in [0.1, 0.15) is 11.8 Å². The number of nitrogens with zero attached hydrogens (tertiary/aromatic N) is 6. The van der Waals surface area contributed by atoms with Gasteiger partial charge in [0.2, 0.25) is 0 Å². The third-order valence-electron chi connectivity index (χ3n) is 7.74. The highest BCUT2D eigenvalue weighted by Crippen LogP contribution is 2.33. The van der Waals surface area contributed by atoms with E-state index in [1.165, 1.54) is 5.56 Å². The Morgan fingerprint density at radius 1 is 1.11 bits per heavy atom. The van der Waals surface area contributed by atoms with Gasteiger partial charge in [0, 0.05) is 48.5 Å². The summed E-state index contributed by atoms with van der Waals surface area (Å²) in [5.41, 5.74) is 3.21. The number of benzene rings is 2. The van der Waals surface area contributed by atoms with Crippen LogP contribution in [0.25, 0.3) is 10.9 Å². The first-order chi connectivity index (χ1) is 18.2. The molecular weight excluding hydrogens is 502 g/mol. The van der Waals surface area contributed by atoms with Gasteiger partial charge < -0.3 is 14.6 Å². The molecule has 38 heavy (non-hydrogen) atoms. The summed E-state index contributed by atoms with van der Waals surface area (Å²) in [6.45, 7) is 11.5. The lowest BCUT2D eigenvalue weighted by Crippen LogP contribution is -2.49. The normalized spacial score (nSPS) is 15.7. The van der Waals surface area contributed by atoms with Gasteiger partial charge >= 0.3 is 0 Å². The van der Waals surface area contributed by atoms with Crippen LogP contribution >= 0.6 is 11.6 Å². The minimum absolute atomic E-state index is 0.160. The van der Waals surface area contributed by atoms with Crippen LogP contribution < -0.4 is 15.2 Å². The van der Waals surface area contributed by atoms with Crippen molar-refractivity contribution in [1.82, 2.24) is 30.1 Å². The fourth-order valence-corrected chi connectivity index (χ4v) is 5.28. The van der Waals surface area contributed by atoms with Crippen LogP contribution in [-0.4, -0.2) is 63.4 Å². The second-order valence-electron chi connectivity index (χ2n) is 10.5. The van der Waals surface area contributed by atoms with E-state index in [0.29, 0.717) is 17.1 Å². The number of methoxy groups -OCH3 is 1. The highest BCUT2D eigenvalue weighted by Gasteiger charge is 2.36. The Labute approximate surface area is 227 Å². The third-order valence-corrected chi connectivity index (χ3v) is 7.98. The second kappa shape index (κ2) is 10.4. The van der Waals surface area contributed by atoms with Crippen LogP contribution in [0.15, 0.2) is 47.3 Å². The van der Waals surface area contributed by atoms with Gasteiger partial charge in [0.15, 0.2) is 5.82 Å². The van der Waals surface area contributed by atoms with E-state index < -0.39 is 6.04 Å². The van der Waals surface area contributed by atoms with Crippen molar-refractivity contribution in [1.29, 1.82) is 0 Å². The number of aryl methyl sites for hydroxylation is 1. The number of ether oxygens (including phenoxy) is 1. The standard InChI is InChI=1S/C28H34ClN7O2/c1-6-28(3,4)36-26(31-32-33-36)25(22-15-19-8-10-21(38-5)17-23(19)30-27(22)37)35-13-11-34(12-14-35)24-16-20(29)9-7-18(24)2/h7-10,15-17,25H,6,11-14H2,1-5H3,(H,30,37)/t25-/m0/s1. The lowest BCUT2D eigenvalue weighted by Gasteiger charge is -2.40. The molecule has 0 amide bonds. The Bertz CT molecular complexity index is 1500. The zero-order valence-corrected chi connectivity index (χ0v) is 23.3. The molecule has 4 aromatic rings. The molecule has 200 valence electrons. The van der Waals surface area contributed by atoms with E-state index in [9.17, 15) is 4.79 Å². The summed E-state index contributed by atoms with van der Waals surface area (Å²) in [4.78, 5) is 21.3. The average Bonchev–Trinajstić information content (AvgIpc) is 3.41. The average molecular weight is 536 g/mol. The zero-order chi connectivity index (χ0) is 27.0. The summed E-state index contributed by atoms with van der Waals surface area (Å²) < 4.78 is 7.23. The Balaban J connectivity index is 1.56. The summed E-state index contributed by atoms with van der Waals surface area (Å²) >= 11 is 6.31. The van der Waals surface area contributed by atoms with Gasteiger partial charge in [-0.1, -0.05) is 24.6 Å². The van der Waals surface area contributed by atoms with Crippen LogP contribution in [0.1, 0.15) is 50.2 Å². The molecule has 10 heteroatoms. The number of aromatic nitrogens is 5. The molecule has 2 aromatic heterocycles. The van der Waals surface area contributed by atoms with Crippen LogP contribution in [0.5, 0.6) is 5.75 Å². The van der Waals surface area contributed by atoms with Gasteiger partial charge in [0.05, 0.1) is 18.2 Å². The molecule has 5 rings (SSSR count). The Morgan fingerprint density at radius 3 is 2.58 bits per heavy atom. The SMILES string of the molecule is CCC(C)(C)n1nnnc1[C@H](c1cc2ccc(OC)cc2[nH]c1=O)N1CCN(c2cc(Cl)ccc2C)CC1. The number of tetrazole rings is 1. The molecule has 0 aliphatic carbocycles. The molecule has 2 aromatic carbocycles. The molecule has 1 aliphatic heterocycles. The minimum Gasteiger partial charge on any atom is -0.497 e. The van der Waals surface area contributed by atoms with Crippen molar-refractivity contribution in [2.75, 3.05) is 38.2 Å². The Kier molecular flexibility index (Phi) is 7.15. The van der Waals surface area contributed by atoms with Crippen molar-refractivity contribution in [3.63, 3.8) is 0 Å². The number of H-pyrrole nitrogens is 1. The number of hydrogen-bond donors (Lipinski definition) is 1. The van der Waals surface area contributed by atoms with E-state index in [2.05, 4.69) is 64.1 Å². The number of halogens is 1. The van der Waals surface area contributed by atoms with E-state index in [1.54, 1.807) is 7.11 Å². The fraction of sp³-hybridized carbons (Fsp3) is 0.429. The summed E-state index contributed by atoms with van der Waals surface area (Å²) in [5.74, 6) is 1.36. The maximum absolute atomic E-state index is 13.6.